The Labute approximate surface area is 123 Å². The first-order valence-corrected chi connectivity index (χ1v) is 7.00. The summed E-state index contributed by atoms with van der Waals surface area (Å²) in [6, 6.07) is 7.00. The van der Waals surface area contributed by atoms with Crippen molar-refractivity contribution < 1.29 is 15.0 Å². The van der Waals surface area contributed by atoms with E-state index >= 15 is 0 Å². The second-order valence-electron chi connectivity index (χ2n) is 5.22. The number of carbonyl (C=O) groups excluding carboxylic acids is 1. The van der Waals surface area contributed by atoms with Crippen molar-refractivity contribution in [2.45, 2.75) is 18.4 Å². The first-order chi connectivity index (χ1) is 9.50. The fraction of sp³-hybridized carbons (Fsp3) is 0.500. The summed E-state index contributed by atoms with van der Waals surface area (Å²) in [5.74, 6) is -0.0910. The van der Waals surface area contributed by atoms with Gasteiger partial charge in [0, 0.05) is 36.8 Å². The van der Waals surface area contributed by atoms with Crippen molar-refractivity contribution in [3.63, 3.8) is 0 Å². The molecule has 6 heteroatoms. The molecule has 5 nitrogen and oxygen atoms in total. The molecule has 1 heterocycles. The van der Waals surface area contributed by atoms with Gasteiger partial charge in [0.2, 0.25) is 5.91 Å². The molecule has 0 radical (unpaired) electrons. The lowest BCUT2D eigenvalue weighted by Gasteiger charge is -2.20. The quantitative estimate of drug-likeness (QED) is 0.761. The molecule has 0 aromatic heterocycles. The number of anilines is 1. The van der Waals surface area contributed by atoms with Crippen molar-refractivity contribution in [2.24, 2.45) is 0 Å². The molecule has 1 aromatic rings. The first-order valence-electron chi connectivity index (χ1n) is 6.62. The molecule has 1 amide bonds. The molecule has 20 heavy (non-hydrogen) atoms. The minimum absolute atomic E-state index is 0.0910. The number of rotatable bonds is 5. The Kier molecular flexibility index (Phi) is 4.99. The van der Waals surface area contributed by atoms with Gasteiger partial charge in [-0.3, -0.25) is 9.69 Å². The number of halogens is 1. The molecule has 1 aliphatic heterocycles. The summed E-state index contributed by atoms with van der Waals surface area (Å²) < 4.78 is 0. The SMILES string of the molecule is O=C(CCN1CC[C@@](O)(CO)C1)Nc1cccc(Cl)c1. The van der Waals surface area contributed by atoms with Gasteiger partial charge in [-0.25, -0.2) is 0 Å². The van der Waals surface area contributed by atoms with Gasteiger partial charge in [0.1, 0.15) is 5.60 Å². The minimum Gasteiger partial charge on any atom is -0.393 e. The Bertz CT molecular complexity index is 483. The summed E-state index contributed by atoms with van der Waals surface area (Å²) in [6.45, 7) is 1.43. The summed E-state index contributed by atoms with van der Waals surface area (Å²) in [5, 5.41) is 22.3. The Morgan fingerprint density at radius 2 is 2.30 bits per heavy atom. The number of carbonyl (C=O) groups is 1. The Balaban J connectivity index is 1.76. The van der Waals surface area contributed by atoms with E-state index in [1.807, 2.05) is 4.90 Å². The zero-order chi connectivity index (χ0) is 14.6. The molecule has 1 aliphatic rings. The lowest BCUT2D eigenvalue weighted by molar-refractivity contribution is -0.116. The number of aliphatic hydroxyl groups excluding tert-OH is 1. The molecule has 0 spiro atoms. The van der Waals surface area contributed by atoms with Crippen LogP contribution in [0.4, 0.5) is 5.69 Å². The number of hydrogen-bond donors (Lipinski definition) is 3. The maximum absolute atomic E-state index is 11.8. The first kappa shape index (κ1) is 15.3. The fourth-order valence-corrected chi connectivity index (χ4v) is 2.50. The summed E-state index contributed by atoms with van der Waals surface area (Å²) >= 11 is 5.85. The number of hydrogen-bond acceptors (Lipinski definition) is 4. The molecule has 0 unspecified atom stereocenters. The van der Waals surface area contributed by atoms with E-state index in [0.717, 1.165) is 0 Å². The van der Waals surface area contributed by atoms with Crippen molar-refractivity contribution in [1.29, 1.82) is 0 Å². The van der Waals surface area contributed by atoms with Gasteiger partial charge in [-0.1, -0.05) is 17.7 Å². The molecule has 0 aliphatic carbocycles. The van der Waals surface area contributed by atoms with Gasteiger partial charge in [-0.2, -0.15) is 0 Å². The molecule has 2 rings (SSSR count). The van der Waals surface area contributed by atoms with E-state index in [-0.39, 0.29) is 12.5 Å². The third-order valence-electron chi connectivity index (χ3n) is 3.47. The number of nitrogens with zero attached hydrogens (tertiary/aromatic N) is 1. The highest BCUT2D eigenvalue weighted by atomic mass is 35.5. The molecule has 1 atom stereocenters. The Morgan fingerprint density at radius 3 is 2.95 bits per heavy atom. The standard InChI is InChI=1S/C14H19ClN2O3/c15-11-2-1-3-12(8-11)16-13(19)4-6-17-7-5-14(20,9-17)10-18/h1-3,8,18,20H,4-7,9-10H2,(H,16,19)/t14-/m0/s1. The summed E-state index contributed by atoms with van der Waals surface area (Å²) in [6.07, 6.45) is 0.882. The van der Waals surface area contributed by atoms with E-state index < -0.39 is 5.60 Å². The van der Waals surface area contributed by atoms with Crippen LogP contribution in [0.2, 0.25) is 5.02 Å². The van der Waals surface area contributed by atoms with Gasteiger partial charge in [-0.05, 0) is 24.6 Å². The van der Waals surface area contributed by atoms with Crippen molar-refractivity contribution >= 4 is 23.2 Å². The van der Waals surface area contributed by atoms with E-state index in [1.54, 1.807) is 24.3 Å². The second-order valence-corrected chi connectivity index (χ2v) is 5.65. The van der Waals surface area contributed by atoms with Crippen LogP contribution < -0.4 is 5.32 Å². The average molecular weight is 299 g/mol. The molecule has 1 saturated heterocycles. The van der Waals surface area contributed by atoms with Gasteiger partial charge < -0.3 is 15.5 Å². The number of aliphatic hydroxyl groups is 2. The van der Waals surface area contributed by atoms with Crippen LogP contribution in [-0.4, -0.2) is 52.9 Å². The number of amides is 1. The Hall–Kier alpha value is -1.14. The van der Waals surface area contributed by atoms with Gasteiger partial charge in [0.05, 0.1) is 6.61 Å². The zero-order valence-electron chi connectivity index (χ0n) is 11.2. The van der Waals surface area contributed by atoms with Crippen LogP contribution in [0.5, 0.6) is 0 Å². The normalized spacial score (nSPS) is 22.9. The minimum atomic E-state index is -1.01. The number of nitrogens with one attached hydrogen (secondary N) is 1. The summed E-state index contributed by atoms with van der Waals surface area (Å²) in [7, 11) is 0. The largest absolute Gasteiger partial charge is 0.393 e. The molecule has 1 aromatic carbocycles. The maximum Gasteiger partial charge on any atom is 0.225 e. The molecule has 1 fully saturated rings. The van der Waals surface area contributed by atoms with Crippen molar-refractivity contribution in [3.8, 4) is 0 Å². The predicted octanol–water partition coefficient (Wildman–Crippen LogP) is 1.10. The van der Waals surface area contributed by atoms with Crippen LogP contribution >= 0.6 is 11.6 Å². The highest BCUT2D eigenvalue weighted by molar-refractivity contribution is 6.30. The third-order valence-corrected chi connectivity index (χ3v) is 3.70. The highest BCUT2D eigenvalue weighted by Gasteiger charge is 2.35. The van der Waals surface area contributed by atoms with E-state index in [9.17, 15) is 9.90 Å². The van der Waals surface area contributed by atoms with Crippen LogP contribution in [0.3, 0.4) is 0 Å². The van der Waals surface area contributed by atoms with E-state index in [2.05, 4.69) is 5.32 Å². The average Bonchev–Trinajstić information content (AvgIpc) is 2.79. The van der Waals surface area contributed by atoms with E-state index in [0.29, 0.717) is 43.2 Å². The summed E-state index contributed by atoms with van der Waals surface area (Å²) in [4.78, 5) is 13.8. The van der Waals surface area contributed by atoms with Crippen LogP contribution in [0.25, 0.3) is 0 Å². The highest BCUT2D eigenvalue weighted by Crippen LogP contribution is 2.20. The molecule has 110 valence electrons. The van der Waals surface area contributed by atoms with Crippen LogP contribution in [0.15, 0.2) is 24.3 Å². The molecular weight excluding hydrogens is 280 g/mol. The lowest BCUT2D eigenvalue weighted by Crippen LogP contribution is -2.37. The van der Waals surface area contributed by atoms with Crippen molar-refractivity contribution in [2.75, 3.05) is 31.6 Å². The van der Waals surface area contributed by atoms with Crippen molar-refractivity contribution in [1.82, 2.24) is 4.90 Å². The molecule has 3 N–H and O–H groups in total. The van der Waals surface area contributed by atoms with Gasteiger partial charge in [-0.15, -0.1) is 0 Å². The van der Waals surface area contributed by atoms with Gasteiger partial charge in [0.25, 0.3) is 0 Å². The molecule has 0 bridgehead atoms. The molecule has 0 saturated carbocycles. The Morgan fingerprint density at radius 1 is 1.50 bits per heavy atom. The zero-order valence-corrected chi connectivity index (χ0v) is 11.9. The topological polar surface area (TPSA) is 72.8 Å². The second kappa shape index (κ2) is 6.54. The molecular formula is C14H19ClN2O3. The van der Waals surface area contributed by atoms with Gasteiger partial charge >= 0.3 is 0 Å². The number of likely N-dealkylation sites (tertiary alicyclic amines) is 1. The summed E-state index contributed by atoms with van der Waals surface area (Å²) in [5.41, 5.74) is -0.334. The van der Waals surface area contributed by atoms with Crippen LogP contribution in [0, 0.1) is 0 Å². The lowest BCUT2D eigenvalue weighted by atomic mass is 10.1. The van der Waals surface area contributed by atoms with E-state index in [4.69, 9.17) is 16.7 Å². The van der Waals surface area contributed by atoms with Gasteiger partial charge in [0.15, 0.2) is 0 Å². The van der Waals surface area contributed by atoms with Crippen LogP contribution in [0.1, 0.15) is 12.8 Å². The maximum atomic E-state index is 11.8. The predicted molar refractivity (Wildman–Crippen MR) is 77.8 cm³/mol. The van der Waals surface area contributed by atoms with Crippen molar-refractivity contribution in [3.05, 3.63) is 29.3 Å². The third kappa shape index (κ3) is 4.18. The number of β-amino-alcohol motifs (C(OH)–C–C–N with tert-alkyl or cyclic N) is 1. The van der Waals surface area contributed by atoms with E-state index in [1.165, 1.54) is 0 Å². The van der Waals surface area contributed by atoms with Crippen LogP contribution in [-0.2, 0) is 4.79 Å². The monoisotopic (exact) mass is 298 g/mol. The smallest absolute Gasteiger partial charge is 0.225 e. The number of benzene rings is 1. The fourth-order valence-electron chi connectivity index (χ4n) is 2.31.